The highest BCUT2D eigenvalue weighted by atomic mass is 32.1. The van der Waals surface area contributed by atoms with Crippen LogP contribution < -0.4 is 10.1 Å². The molecule has 1 heterocycles. The molecule has 6 heteroatoms. The van der Waals surface area contributed by atoms with Gasteiger partial charge in [0, 0.05) is 29.6 Å². The molecule has 1 amide bonds. The first-order valence-corrected chi connectivity index (χ1v) is 8.30. The molecule has 0 saturated carbocycles. The molecule has 2 aromatic rings. The Labute approximate surface area is 139 Å². The summed E-state index contributed by atoms with van der Waals surface area (Å²) in [4.78, 5) is 27.7. The Bertz CT molecular complexity index is 697. The van der Waals surface area contributed by atoms with Crippen molar-refractivity contribution in [2.45, 2.75) is 33.3 Å². The molecular formula is C17H20N2O3S. The Balaban J connectivity index is 1.82. The molecule has 0 aliphatic rings. The van der Waals surface area contributed by atoms with Crippen molar-refractivity contribution in [2.75, 3.05) is 6.54 Å². The van der Waals surface area contributed by atoms with E-state index in [2.05, 4.69) is 10.3 Å². The number of hydrogen-bond donors (Lipinski definition) is 1. The molecule has 1 aromatic carbocycles. The highest BCUT2D eigenvalue weighted by molar-refractivity contribution is 7.09. The lowest BCUT2D eigenvalue weighted by molar-refractivity contribution is -0.127. The predicted octanol–water partition coefficient (Wildman–Crippen LogP) is 2.78. The number of thiazole rings is 1. The number of nitrogens with one attached hydrogen (secondary N) is 1. The van der Waals surface area contributed by atoms with Crippen LogP contribution in [-0.2, 0) is 11.2 Å². The quantitative estimate of drug-likeness (QED) is 0.792. The van der Waals surface area contributed by atoms with Crippen LogP contribution >= 0.6 is 11.3 Å². The van der Waals surface area contributed by atoms with E-state index in [-0.39, 0.29) is 11.7 Å². The van der Waals surface area contributed by atoms with Gasteiger partial charge in [0.2, 0.25) is 0 Å². The van der Waals surface area contributed by atoms with Gasteiger partial charge in [0.1, 0.15) is 5.75 Å². The topological polar surface area (TPSA) is 68.3 Å². The second-order valence-electron chi connectivity index (χ2n) is 5.27. The third kappa shape index (κ3) is 5.17. The van der Waals surface area contributed by atoms with Gasteiger partial charge < -0.3 is 10.1 Å². The minimum Gasteiger partial charge on any atom is -0.481 e. The SMILES string of the molecule is CC(=O)c1cccc(O[C@@H](C)C(=O)NCCc2nc(C)cs2)c1. The molecule has 0 aliphatic heterocycles. The van der Waals surface area contributed by atoms with Crippen molar-refractivity contribution in [1.82, 2.24) is 10.3 Å². The second-order valence-corrected chi connectivity index (χ2v) is 6.21. The molecule has 0 aliphatic carbocycles. The Hall–Kier alpha value is -2.21. The number of Topliss-reactive ketones (excluding diaryl/α,β-unsaturated/α-hetero) is 1. The smallest absolute Gasteiger partial charge is 0.260 e. The number of amides is 1. The fourth-order valence-electron chi connectivity index (χ4n) is 2.00. The number of aryl methyl sites for hydroxylation is 1. The molecular weight excluding hydrogens is 312 g/mol. The van der Waals surface area contributed by atoms with Gasteiger partial charge in [-0.15, -0.1) is 11.3 Å². The molecule has 23 heavy (non-hydrogen) atoms. The maximum absolute atomic E-state index is 12.0. The summed E-state index contributed by atoms with van der Waals surface area (Å²) in [6, 6.07) is 6.83. The van der Waals surface area contributed by atoms with Crippen LogP contribution in [0.1, 0.15) is 34.9 Å². The summed E-state index contributed by atoms with van der Waals surface area (Å²) in [6.45, 7) is 5.65. The van der Waals surface area contributed by atoms with Crippen LogP contribution in [0.25, 0.3) is 0 Å². The Kier molecular flexibility index (Phi) is 5.87. The Morgan fingerprint density at radius 1 is 1.39 bits per heavy atom. The summed E-state index contributed by atoms with van der Waals surface area (Å²) in [5.74, 6) is 0.286. The molecule has 1 N–H and O–H groups in total. The average molecular weight is 332 g/mol. The monoisotopic (exact) mass is 332 g/mol. The zero-order chi connectivity index (χ0) is 16.8. The highest BCUT2D eigenvalue weighted by Crippen LogP contribution is 2.15. The van der Waals surface area contributed by atoms with E-state index >= 15 is 0 Å². The number of hydrogen-bond acceptors (Lipinski definition) is 5. The second kappa shape index (κ2) is 7.87. The summed E-state index contributed by atoms with van der Waals surface area (Å²) in [5, 5.41) is 5.83. The van der Waals surface area contributed by atoms with Crippen molar-refractivity contribution < 1.29 is 14.3 Å². The molecule has 0 radical (unpaired) electrons. The minimum atomic E-state index is -0.629. The summed E-state index contributed by atoms with van der Waals surface area (Å²) >= 11 is 1.59. The van der Waals surface area contributed by atoms with E-state index in [1.807, 2.05) is 12.3 Å². The van der Waals surface area contributed by atoms with Gasteiger partial charge in [-0.3, -0.25) is 9.59 Å². The van der Waals surface area contributed by atoms with E-state index in [1.54, 1.807) is 42.5 Å². The van der Waals surface area contributed by atoms with Gasteiger partial charge in [0.25, 0.3) is 5.91 Å². The highest BCUT2D eigenvalue weighted by Gasteiger charge is 2.14. The van der Waals surface area contributed by atoms with Gasteiger partial charge in [0.15, 0.2) is 11.9 Å². The van der Waals surface area contributed by atoms with Crippen LogP contribution in [-0.4, -0.2) is 29.3 Å². The van der Waals surface area contributed by atoms with Crippen molar-refractivity contribution in [3.63, 3.8) is 0 Å². The fraction of sp³-hybridized carbons (Fsp3) is 0.353. The Morgan fingerprint density at radius 2 is 2.17 bits per heavy atom. The molecule has 0 spiro atoms. The molecule has 0 fully saturated rings. The van der Waals surface area contributed by atoms with Crippen LogP contribution in [0.4, 0.5) is 0 Å². The molecule has 122 valence electrons. The van der Waals surface area contributed by atoms with Crippen LogP contribution in [0, 0.1) is 6.92 Å². The summed E-state index contributed by atoms with van der Waals surface area (Å²) in [6.07, 6.45) is 0.0757. The van der Waals surface area contributed by atoms with Crippen molar-refractivity contribution in [1.29, 1.82) is 0 Å². The number of rotatable bonds is 7. The van der Waals surface area contributed by atoms with Crippen LogP contribution in [0.15, 0.2) is 29.6 Å². The number of ketones is 1. The zero-order valence-electron chi connectivity index (χ0n) is 13.5. The summed E-state index contributed by atoms with van der Waals surface area (Å²) in [7, 11) is 0. The zero-order valence-corrected chi connectivity index (χ0v) is 14.3. The maximum Gasteiger partial charge on any atom is 0.260 e. The van der Waals surface area contributed by atoms with Crippen molar-refractivity contribution in [3.05, 3.63) is 45.9 Å². The first-order valence-electron chi connectivity index (χ1n) is 7.42. The molecule has 0 saturated heterocycles. The van der Waals surface area contributed by atoms with Gasteiger partial charge in [-0.05, 0) is 32.9 Å². The fourth-order valence-corrected chi connectivity index (χ4v) is 2.78. The lowest BCUT2D eigenvalue weighted by Crippen LogP contribution is -2.37. The predicted molar refractivity (Wildman–Crippen MR) is 90.1 cm³/mol. The van der Waals surface area contributed by atoms with Gasteiger partial charge in [-0.1, -0.05) is 12.1 Å². The van der Waals surface area contributed by atoms with Crippen LogP contribution in [0.3, 0.4) is 0 Å². The number of benzene rings is 1. The first kappa shape index (κ1) is 17.1. The third-order valence-corrected chi connectivity index (χ3v) is 4.25. The standard InChI is InChI=1S/C17H20N2O3S/c1-11-10-23-16(19-11)7-8-18-17(21)13(3)22-15-6-4-5-14(9-15)12(2)20/h4-6,9-10,13H,7-8H2,1-3H3,(H,18,21)/t13-/m0/s1. The Morgan fingerprint density at radius 3 is 2.83 bits per heavy atom. The van der Waals surface area contributed by atoms with E-state index in [1.165, 1.54) is 6.92 Å². The number of nitrogens with zero attached hydrogens (tertiary/aromatic N) is 1. The van der Waals surface area contributed by atoms with Gasteiger partial charge in [-0.25, -0.2) is 4.98 Å². The van der Waals surface area contributed by atoms with Crippen LogP contribution in [0.2, 0.25) is 0 Å². The molecule has 1 atom stereocenters. The third-order valence-electron chi connectivity index (χ3n) is 3.23. The van der Waals surface area contributed by atoms with E-state index in [0.717, 1.165) is 10.7 Å². The normalized spacial score (nSPS) is 11.8. The summed E-state index contributed by atoms with van der Waals surface area (Å²) < 4.78 is 5.60. The van der Waals surface area contributed by atoms with Crippen molar-refractivity contribution in [2.24, 2.45) is 0 Å². The van der Waals surface area contributed by atoms with Crippen molar-refractivity contribution in [3.8, 4) is 5.75 Å². The average Bonchev–Trinajstić information content (AvgIpc) is 2.92. The van der Waals surface area contributed by atoms with Gasteiger partial charge in [0.05, 0.1) is 5.01 Å². The molecule has 2 rings (SSSR count). The number of aromatic nitrogens is 1. The van der Waals surface area contributed by atoms with Crippen molar-refractivity contribution >= 4 is 23.0 Å². The minimum absolute atomic E-state index is 0.0358. The molecule has 5 nitrogen and oxygen atoms in total. The molecule has 0 bridgehead atoms. The van der Waals surface area contributed by atoms with E-state index in [0.29, 0.717) is 24.3 Å². The van der Waals surface area contributed by atoms with E-state index in [4.69, 9.17) is 4.74 Å². The maximum atomic E-state index is 12.0. The summed E-state index contributed by atoms with van der Waals surface area (Å²) in [5.41, 5.74) is 1.56. The first-order chi connectivity index (χ1) is 11.0. The molecule has 0 unspecified atom stereocenters. The van der Waals surface area contributed by atoms with Crippen LogP contribution in [0.5, 0.6) is 5.75 Å². The number of carbonyl (C=O) groups is 2. The number of ether oxygens (including phenoxy) is 1. The van der Waals surface area contributed by atoms with Gasteiger partial charge >= 0.3 is 0 Å². The van der Waals surface area contributed by atoms with Gasteiger partial charge in [-0.2, -0.15) is 0 Å². The molecule has 1 aromatic heterocycles. The lowest BCUT2D eigenvalue weighted by Gasteiger charge is -2.15. The number of carbonyl (C=O) groups excluding carboxylic acids is 2. The lowest BCUT2D eigenvalue weighted by atomic mass is 10.1. The van der Waals surface area contributed by atoms with E-state index < -0.39 is 6.10 Å². The largest absolute Gasteiger partial charge is 0.481 e. The van der Waals surface area contributed by atoms with E-state index in [9.17, 15) is 9.59 Å².